The summed E-state index contributed by atoms with van der Waals surface area (Å²) in [4.78, 5) is 11.9. The van der Waals surface area contributed by atoms with Crippen molar-refractivity contribution in [3.05, 3.63) is 29.3 Å². The molecule has 1 heterocycles. The molecule has 0 aliphatic heterocycles. The van der Waals surface area contributed by atoms with Crippen LogP contribution < -0.4 is 5.32 Å². The smallest absolute Gasteiger partial charge is 0.210 e. The standard InChI is InChI=1S/C16H19N3OS2/c1-10-6-5-7-12(11(10)2)17-15-18-19-16(22-15)21-14-9-4-3-8-13(14)20/h5-7,14H,3-4,8-9H2,1-2H3,(H,17,18). The summed E-state index contributed by atoms with van der Waals surface area (Å²) in [5, 5.41) is 12.6. The monoisotopic (exact) mass is 333 g/mol. The van der Waals surface area contributed by atoms with Gasteiger partial charge in [0.05, 0.1) is 5.25 Å². The number of rotatable bonds is 4. The van der Waals surface area contributed by atoms with Crippen molar-refractivity contribution in [3.63, 3.8) is 0 Å². The van der Waals surface area contributed by atoms with E-state index in [0.717, 1.165) is 34.4 Å². The van der Waals surface area contributed by atoms with E-state index in [9.17, 15) is 4.79 Å². The van der Waals surface area contributed by atoms with Crippen LogP contribution in [0.1, 0.15) is 36.8 Å². The van der Waals surface area contributed by atoms with E-state index in [1.807, 2.05) is 12.1 Å². The number of ketones is 1. The van der Waals surface area contributed by atoms with Gasteiger partial charge in [-0.15, -0.1) is 10.2 Å². The van der Waals surface area contributed by atoms with Gasteiger partial charge >= 0.3 is 0 Å². The van der Waals surface area contributed by atoms with Gasteiger partial charge in [-0.2, -0.15) is 0 Å². The van der Waals surface area contributed by atoms with Gasteiger partial charge in [-0.25, -0.2) is 0 Å². The summed E-state index contributed by atoms with van der Waals surface area (Å²) >= 11 is 3.08. The lowest BCUT2D eigenvalue weighted by Crippen LogP contribution is -2.21. The molecule has 1 saturated carbocycles. The van der Waals surface area contributed by atoms with Gasteiger partial charge in [0.2, 0.25) is 5.13 Å². The van der Waals surface area contributed by atoms with Crippen molar-refractivity contribution in [3.8, 4) is 0 Å². The number of nitrogens with one attached hydrogen (secondary N) is 1. The fraction of sp³-hybridized carbons (Fsp3) is 0.438. The van der Waals surface area contributed by atoms with Gasteiger partial charge in [-0.3, -0.25) is 4.79 Å². The van der Waals surface area contributed by atoms with Crippen molar-refractivity contribution in [2.45, 2.75) is 49.1 Å². The van der Waals surface area contributed by atoms with E-state index in [0.29, 0.717) is 12.2 Å². The Kier molecular flexibility index (Phi) is 4.78. The molecule has 0 saturated heterocycles. The number of nitrogens with zero attached hydrogens (tertiary/aromatic N) is 2. The predicted octanol–water partition coefficient (Wildman–Crippen LogP) is 4.50. The van der Waals surface area contributed by atoms with Crippen molar-refractivity contribution < 1.29 is 4.79 Å². The SMILES string of the molecule is Cc1cccc(Nc2nnc(SC3CCCCC3=O)s2)c1C. The molecule has 4 nitrogen and oxygen atoms in total. The molecule has 1 aliphatic rings. The molecule has 22 heavy (non-hydrogen) atoms. The molecule has 2 aromatic rings. The summed E-state index contributed by atoms with van der Waals surface area (Å²) in [5.41, 5.74) is 3.52. The summed E-state index contributed by atoms with van der Waals surface area (Å²) in [6.45, 7) is 4.19. The average molecular weight is 333 g/mol. The van der Waals surface area contributed by atoms with Crippen LogP contribution >= 0.6 is 23.1 Å². The second-order valence-corrected chi connectivity index (χ2v) is 7.99. The summed E-state index contributed by atoms with van der Waals surface area (Å²) in [6.07, 6.45) is 3.84. The quantitative estimate of drug-likeness (QED) is 0.892. The highest BCUT2D eigenvalue weighted by molar-refractivity contribution is 8.02. The number of carbonyl (C=O) groups excluding carboxylic acids is 1. The first kappa shape index (κ1) is 15.5. The van der Waals surface area contributed by atoms with Crippen LogP contribution in [0.15, 0.2) is 22.5 Å². The zero-order chi connectivity index (χ0) is 15.5. The summed E-state index contributed by atoms with van der Waals surface area (Å²) in [5.74, 6) is 0.357. The van der Waals surface area contributed by atoms with Gasteiger partial charge in [0.1, 0.15) is 5.78 Å². The third-order valence-electron chi connectivity index (χ3n) is 3.99. The molecule has 116 valence electrons. The summed E-state index contributed by atoms with van der Waals surface area (Å²) in [6, 6.07) is 6.17. The molecule has 0 bridgehead atoms. The maximum atomic E-state index is 11.9. The van der Waals surface area contributed by atoms with Gasteiger partial charge < -0.3 is 5.32 Å². The molecule has 6 heteroatoms. The first-order valence-corrected chi connectivity index (χ1v) is 9.19. The second-order valence-electron chi connectivity index (χ2n) is 5.56. The highest BCUT2D eigenvalue weighted by Crippen LogP contribution is 2.35. The maximum Gasteiger partial charge on any atom is 0.210 e. The predicted molar refractivity (Wildman–Crippen MR) is 92.2 cm³/mol. The molecule has 0 amide bonds. The highest BCUT2D eigenvalue weighted by Gasteiger charge is 2.24. The number of anilines is 2. The normalized spacial score (nSPS) is 18.5. The lowest BCUT2D eigenvalue weighted by atomic mass is 9.99. The summed E-state index contributed by atoms with van der Waals surface area (Å²) < 4.78 is 0.869. The molecule has 1 N–H and O–H groups in total. The van der Waals surface area contributed by atoms with Crippen LogP contribution in [0.2, 0.25) is 0 Å². The number of Topliss-reactive ketones (excluding diaryl/α,β-unsaturated/α-hetero) is 1. The van der Waals surface area contributed by atoms with E-state index < -0.39 is 0 Å². The molecule has 1 unspecified atom stereocenters. The number of aromatic nitrogens is 2. The first-order chi connectivity index (χ1) is 10.6. The molecule has 1 atom stereocenters. The van der Waals surface area contributed by atoms with E-state index in [-0.39, 0.29) is 5.25 Å². The van der Waals surface area contributed by atoms with E-state index in [1.54, 1.807) is 11.8 Å². The minimum atomic E-state index is 0.0651. The Morgan fingerprint density at radius 2 is 2.14 bits per heavy atom. The topological polar surface area (TPSA) is 54.9 Å². The molecule has 3 rings (SSSR count). The van der Waals surface area contributed by atoms with Crippen molar-refractivity contribution in [1.82, 2.24) is 10.2 Å². The van der Waals surface area contributed by atoms with Gasteiger partial charge in [-0.1, -0.05) is 41.7 Å². The number of carbonyl (C=O) groups is 1. The molecular weight excluding hydrogens is 314 g/mol. The van der Waals surface area contributed by atoms with Crippen LogP contribution in [-0.4, -0.2) is 21.2 Å². The Morgan fingerprint density at radius 3 is 2.95 bits per heavy atom. The van der Waals surface area contributed by atoms with Crippen LogP contribution in [0, 0.1) is 13.8 Å². The molecule has 1 fully saturated rings. The number of benzene rings is 1. The van der Waals surface area contributed by atoms with E-state index in [2.05, 4.69) is 35.4 Å². The zero-order valence-corrected chi connectivity index (χ0v) is 14.4. The first-order valence-electron chi connectivity index (χ1n) is 7.49. The van der Waals surface area contributed by atoms with Crippen LogP contribution in [0.25, 0.3) is 0 Å². The van der Waals surface area contributed by atoms with E-state index in [4.69, 9.17) is 0 Å². The Balaban J connectivity index is 1.68. The molecule has 1 aromatic carbocycles. The van der Waals surface area contributed by atoms with Gasteiger partial charge in [0.25, 0.3) is 0 Å². The Hall–Kier alpha value is -1.40. The maximum absolute atomic E-state index is 11.9. The fourth-order valence-corrected chi connectivity index (χ4v) is 4.64. The summed E-state index contributed by atoms with van der Waals surface area (Å²) in [7, 11) is 0. The third-order valence-corrected chi connectivity index (χ3v) is 6.23. The van der Waals surface area contributed by atoms with Crippen LogP contribution in [0.3, 0.4) is 0 Å². The molecule has 1 aliphatic carbocycles. The van der Waals surface area contributed by atoms with Gasteiger partial charge in [0, 0.05) is 12.1 Å². The average Bonchev–Trinajstić information content (AvgIpc) is 2.94. The molecular formula is C16H19N3OS2. The van der Waals surface area contributed by atoms with E-state index in [1.165, 1.54) is 22.5 Å². The zero-order valence-electron chi connectivity index (χ0n) is 12.8. The minimum Gasteiger partial charge on any atom is -0.330 e. The van der Waals surface area contributed by atoms with Crippen molar-refractivity contribution in [1.29, 1.82) is 0 Å². The third kappa shape index (κ3) is 3.50. The Labute approximate surface area is 138 Å². The lowest BCUT2D eigenvalue weighted by molar-refractivity contribution is -0.119. The van der Waals surface area contributed by atoms with Crippen LogP contribution in [0.4, 0.5) is 10.8 Å². The minimum absolute atomic E-state index is 0.0651. The lowest BCUT2D eigenvalue weighted by Gasteiger charge is -2.18. The second kappa shape index (κ2) is 6.79. The Bertz CT molecular complexity index is 684. The fourth-order valence-electron chi connectivity index (χ4n) is 2.51. The number of thioether (sulfide) groups is 1. The van der Waals surface area contributed by atoms with Crippen molar-refractivity contribution >= 4 is 39.7 Å². The molecule has 0 spiro atoms. The van der Waals surface area contributed by atoms with Crippen molar-refractivity contribution in [2.24, 2.45) is 0 Å². The van der Waals surface area contributed by atoms with Crippen LogP contribution in [0.5, 0.6) is 0 Å². The van der Waals surface area contributed by atoms with Gasteiger partial charge in [0.15, 0.2) is 4.34 Å². The largest absolute Gasteiger partial charge is 0.330 e. The highest BCUT2D eigenvalue weighted by atomic mass is 32.2. The van der Waals surface area contributed by atoms with E-state index >= 15 is 0 Å². The number of hydrogen-bond donors (Lipinski definition) is 1. The number of hydrogen-bond acceptors (Lipinski definition) is 6. The number of aryl methyl sites for hydroxylation is 1. The van der Waals surface area contributed by atoms with Crippen LogP contribution in [-0.2, 0) is 4.79 Å². The Morgan fingerprint density at radius 1 is 1.27 bits per heavy atom. The van der Waals surface area contributed by atoms with Gasteiger partial charge in [-0.05, 0) is 43.9 Å². The molecule has 1 aromatic heterocycles. The molecule has 0 radical (unpaired) electrons. The van der Waals surface area contributed by atoms with Crippen molar-refractivity contribution in [2.75, 3.05) is 5.32 Å².